The fourth-order valence-corrected chi connectivity index (χ4v) is 2.25. The van der Waals surface area contributed by atoms with Crippen LogP contribution in [-0.4, -0.2) is 33.2 Å². The van der Waals surface area contributed by atoms with Gasteiger partial charge in [0.05, 0.1) is 17.8 Å². The number of methoxy groups -OCH3 is 1. The quantitative estimate of drug-likeness (QED) is 0.795. The average molecular weight is 330 g/mol. The number of carbonyl (C=O) groups is 1. The van der Waals surface area contributed by atoms with Gasteiger partial charge >= 0.3 is 0 Å². The number of halogens is 1. The minimum Gasteiger partial charge on any atom is -0.495 e. The first-order valence-corrected chi connectivity index (χ1v) is 7.03. The number of amides is 1. The summed E-state index contributed by atoms with van der Waals surface area (Å²) < 4.78 is 6.59. The van der Waals surface area contributed by atoms with Gasteiger partial charge in [0.15, 0.2) is 0 Å². The Hall–Kier alpha value is -2.93. The number of rotatable bonds is 4. The summed E-state index contributed by atoms with van der Waals surface area (Å²) in [6.45, 7) is 0. The lowest BCUT2D eigenvalue weighted by Gasteiger charge is -2.08. The highest BCUT2D eigenvalue weighted by Crippen LogP contribution is 2.25. The van der Waals surface area contributed by atoms with Crippen molar-refractivity contribution in [3.05, 3.63) is 59.4 Å². The van der Waals surface area contributed by atoms with Gasteiger partial charge in [-0.15, -0.1) is 5.10 Å². The van der Waals surface area contributed by atoms with Gasteiger partial charge in [-0.05, 0) is 52.9 Å². The molecule has 0 aliphatic rings. The Morgan fingerprint density at radius 3 is 2.61 bits per heavy atom. The van der Waals surface area contributed by atoms with Crippen molar-refractivity contribution in [3.63, 3.8) is 0 Å². The topological polar surface area (TPSA) is 81.9 Å². The lowest BCUT2D eigenvalue weighted by Crippen LogP contribution is -2.12. The third-order valence-corrected chi connectivity index (χ3v) is 3.45. The molecule has 2 aromatic carbocycles. The first-order valence-electron chi connectivity index (χ1n) is 6.65. The Bertz CT molecular complexity index is 818. The second-order valence-corrected chi connectivity index (χ2v) is 5.01. The van der Waals surface area contributed by atoms with E-state index in [1.54, 1.807) is 42.5 Å². The van der Waals surface area contributed by atoms with Crippen LogP contribution in [0.2, 0.25) is 5.02 Å². The van der Waals surface area contributed by atoms with Gasteiger partial charge in [0.25, 0.3) is 5.91 Å². The number of ether oxygens (including phenoxy) is 1. The number of benzene rings is 2. The van der Waals surface area contributed by atoms with Crippen molar-refractivity contribution in [2.45, 2.75) is 0 Å². The number of tetrazole rings is 1. The maximum Gasteiger partial charge on any atom is 0.255 e. The van der Waals surface area contributed by atoms with Crippen LogP contribution in [0, 0.1) is 0 Å². The van der Waals surface area contributed by atoms with E-state index in [2.05, 4.69) is 20.8 Å². The maximum absolute atomic E-state index is 12.2. The van der Waals surface area contributed by atoms with Gasteiger partial charge < -0.3 is 10.1 Å². The molecular formula is C15H12ClN5O2. The number of anilines is 1. The lowest BCUT2D eigenvalue weighted by atomic mass is 10.2. The van der Waals surface area contributed by atoms with Crippen LogP contribution >= 0.6 is 11.6 Å². The molecule has 7 nitrogen and oxygen atoms in total. The van der Waals surface area contributed by atoms with Gasteiger partial charge in [0.1, 0.15) is 12.1 Å². The molecule has 0 unspecified atom stereocenters. The van der Waals surface area contributed by atoms with E-state index < -0.39 is 0 Å². The predicted molar refractivity (Wildman–Crippen MR) is 85.1 cm³/mol. The van der Waals surface area contributed by atoms with E-state index in [1.165, 1.54) is 18.1 Å². The summed E-state index contributed by atoms with van der Waals surface area (Å²) in [4.78, 5) is 12.2. The van der Waals surface area contributed by atoms with Crippen molar-refractivity contribution in [3.8, 4) is 11.4 Å². The monoisotopic (exact) mass is 329 g/mol. The highest BCUT2D eigenvalue weighted by molar-refractivity contribution is 6.32. The molecule has 3 rings (SSSR count). The molecule has 116 valence electrons. The van der Waals surface area contributed by atoms with Gasteiger partial charge in [-0.2, -0.15) is 0 Å². The molecular weight excluding hydrogens is 318 g/mol. The Balaban J connectivity index is 1.74. The van der Waals surface area contributed by atoms with Crippen LogP contribution in [0.5, 0.6) is 5.75 Å². The van der Waals surface area contributed by atoms with E-state index in [0.29, 0.717) is 22.0 Å². The summed E-state index contributed by atoms with van der Waals surface area (Å²) in [6, 6.07) is 12.0. The fourth-order valence-electron chi connectivity index (χ4n) is 1.99. The molecule has 0 bridgehead atoms. The van der Waals surface area contributed by atoms with E-state index in [9.17, 15) is 4.79 Å². The standard InChI is InChI=1S/C15H12ClN5O2/c1-23-14-7-2-10(8-13(14)16)15(22)18-11-3-5-12(6-4-11)21-9-17-19-20-21/h2-9H,1H3,(H,18,22). The summed E-state index contributed by atoms with van der Waals surface area (Å²) in [5.74, 6) is 0.263. The first kappa shape index (κ1) is 15.0. The molecule has 1 amide bonds. The van der Waals surface area contributed by atoms with E-state index in [4.69, 9.17) is 16.3 Å². The van der Waals surface area contributed by atoms with Crippen LogP contribution in [0.1, 0.15) is 10.4 Å². The molecule has 0 aliphatic heterocycles. The smallest absolute Gasteiger partial charge is 0.255 e. The molecule has 0 saturated carbocycles. The lowest BCUT2D eigenvalue weighted by molar-refractivity contribution is 0.102. The second-order valence-electron chi connectivity index (χ2n) is 4.60. The van der Waals surface area contributed by atoms with Gasteiger partial charge in [-0.1, -0.05) is 11.6 Å². The van der Waals surface area contributed by atoms with Gasteiger partial charge in [0, 0.05) is 11.3 Å². The van der Waals surface area contributed by atoms with E-state index in [0.717, 1.165) is 5.69 Å². The summed E-state index contributed by atoms with van der Waals surface area (Å²) in [7, 11) is 1.52. The first-order chi connectivity index (χ1) is 11.2. The molecule has 1 heterocycles. The van der Waals surface area contributed by atoms with E-state index >= 15 is 0 Å². The van der Waals surface area contributed by atoms with Crippen LogP contribution in [0.25, 0.3) is 5.69 Å². The van der Waals surface area contributed by atoms with Crippen molar-refractivity contribution >= 4 is 23.2 Å². The predicted octanol–water partition coefficient (Wildman–Crippen LogP) is 2.58. The van der Waals surface area contributed by atoms with Crippen molar-refractivity contribution in [1.82, 2.24) is 20.2 Å². The molecule has 0 radical (unpaired) electrons. The zero-order valence-corrected chi connectivity index (χ0v) is 12.9. The minimum atomic E-state index is -0.260. The van der Waals surface area contributed by atoms with Crippen molar-refractivity contribution in [2.75, 3.05) is 12.4 Å². The largest absolute Gasteiger partial charge is 0.495 e. The summed E-state index contributed by atoms with van der Waals surface area (Å²) >= 11 is 6.03. The van der Waals surface area contributed by atoms with Crippen LogP contribution in [-0.2, 0) is 0 Å². The summed E-state index contributed by atoms with van der Waals surface area (Å²) in [6.07, 6.45) is 1.49. The Kier molecular flexibility index (Phi) is 4.20. The second kappa shape index (κ2) is 6.45. The van der Waals surface area contributed by atoms with Crippen LogP contribution in [0.15, 0.2) is 48.8 Å². The molecule has 1 aromatic heterocycles. The zero-order chi connectivity index (χ0) is 16.2. The molecule has 1 N–H and O–H groups in total. The molecule has 8 heteroatoms. The highest BCUT2D eigenvalue weighted by Gasteiger charge is 2.09. The number of carbonyl (C=O) groups excluding carboxylic acids is 1. The third-order valence-electron chi connectivity index (χ3n) is 3.15. The van der Waals surface area contributed by atoms with Crippen molar-refractivity contribution in [2.24, 2.45) is 0 Å². The zero-order valence-electron chi connectivity index (χ0n) is 12.1. The molecule has 0 spiro atoms. The number of nitrogens with zero attached hydrogens (tertiary/aromatic N) is 4. The maximum atomic E-state index is 12.2. The van der Waals surface area contributed by atoms with E-state index in [-0.39, 0.29) is 5.91 Å². The Morgan fingerprint density at radius 1 is 1.22 bits per heavy atom. The van der Waals surface area contributed by atoms with Gasteiger partial charge in [-0.25, -0.2) is 4.68 Å². The Labute approximate surface area is 136 Å². The normalized spacial score (nSPS) is 10.3. The minimum absolute atomic E-state index is 0.260. The molecule has 0 aliphatic carbocycles. The molecule has 0 fully saturated rings. The van der Waals surface area contributed by atoms with Crippen LogP contribution in [0.3, 0.4) is 0 Å². The van der Waals surface area contributed by atoms with E-state index in [1.807, 2.05) is 0 Å². The van der Waals surface area contributed by atoms with Crippen LogP contribution in [0.4, 0.5) is 5.69 Å². The highest BCUT2D eigenvalue weighted by atomic mass is 35.5. The van der Waals surface area contributed by atoms with Crippen molar-refractivity contribution < 1.29 is 9.53 Å². The Morgan fingerprint density at radius 2 is 2.00 bits per heavy atom. The SMILES string of the molecule is COc1ccc(C(=O)Nc2ccc(-n3cnnn3)cc2)cc1Cl. The van der Waals surface area contributed by atoms with Gasteiger partial charge in [-0.3, -0.25) is 4.79 Å². The summed E-state index contributed by atoms with van der Waals surface area (Å²) in [5.41, 5.74) is 1.89. The number of aromatic nitrogens is 4. The molecule has 3 aromatic rings. The number of nitrogens with one attached hydrogen (secondary N) is 1. The molecule has 0 saturated heterocycles. The van der Waals surface area contributed by atoms with Crippen LogP contribution < -0.4 is 10.1 Å². The molecule has 0 atom stereocenters. The average Bonchev–Trinajstić information content (AvgIpc) is 3.10. The molecule has 23 heavy (non-hydrogen) atoms. The summed E-state index contributed by atoms with van der Waals surface area (Å²) in [5, 5.41) is 14.1. The van der Waals surface area contributed by atoms with Gasteiger partial charge in [0.2, 0.25) is 0 Å². The number of hydrogen-bond donors (Lipinski definition) is 1. The van der Waals surface area contributed by atoms with Crippen molar-refractivity contribution in [1.29, 1.82) is 0 Å². The fraction of sp³-hybridized carbons (Fsp3) is 0.0667. The third kappa shape index (κ3) is 3.29. The number of hydrogen-bond acceptors (Lipinski definition) is 5.